The molecular weight excluding hydrogens is 230 g/mol. The standard InChI is InChI=1S/C14H15NO3/c1-3-6-12-11(9-16)10-7-4-5-8-13(10)15(12)14(17)18-2/h3-9,11-12H,1-2H3/b6-3+. The van der Waals surface area contributed by atoms with E-state index in [0.29, 0.717) is 0 Å². The molecule has 0 aliphatic carbocycles. The molecule has 0 aromatic heterocycles. The third kappa shape index (κ3) is 1.79. The number of ether oxygens (including phenoxy) is 1. The van der Waals surface area contributed by atoms with E-state index in [1.54, 1.807) is 0 Å². The van der Waals surface area contributed by atoms with E-state index in [2.05, 4.69) is 0 Å². The number of carbonyl (C=O) groups excluding carboxylic acids is 2. The summed E-state index contributed by atoms with van der Waals surface area (Å²) in [5, 5.41) is 0. The first kappa shape index (κ1) is 12.4. The molecule has 94 valence electrons. The van der Waals surface area contributed by atoms with Gasteiger partial charge < -0.3 is 9.53 Å². The summed E-state index contributed by atoms with van der Waals surface area (Å²) in [6, 6.07) is 7.09. The highest BCUT2D eigenvalue weighted by atomic mass is 16.5. The second kappa shape index (κ2) is 5.04. The Kier molecular flexibility index (Phi) is 3.46. The number of methoxy groups -OCH3 is 1. The van der Waals surface area contributed by atoms with Crippen LogP contribution in [-0.2, 0) is 9.53 Å². The molecule has 2 atom stereocenters. The Balaban J connectivity index is 2.54. The van der Waals surface area contributed by atoms with Crippen molar-refractivity contribution in [2.45, 2.75) is 18.9 Å². The first-order valence-electron chi connectivity index (χ1n) is 5.78. The van der Waals surface area contributed by atoms with Crippen LogP contribution >= 0.6 is 0 Å². The number of hydrogen-bond acceptors (Lipinski definition) is 3. The fourth-order valence-corrected chi connectivity index (χ4v) is 2.37. The summed E-state index contributed by atoms with van der Waals surface area (Å²) in [5.74, 6) is -0.337. The van der Waals surface area contributed by atoms with E-state index >= 15 is 0 Å². The van der Waals surface area contributed by atoms with E-state index in [-0.39, 0.29) is 12.0 Å². The molecular formula is C14H15NO3. The lowest BCUT2D eigenvalue weighted by Gasteiger charge is -2.23. The molecule has 2 unspecified atom stereocenters. The highest BCUT2D eigenvalue weighted by Gasteiger charge is 2.40. The molecule has 0 spiro atoms. The monoisotopic (exact) mass is 245 g/mol. The molecule has 4 nitrogen and oxygen atoms in total. The normalized spacial score (nSPS) is 22.0. The molecule has 0 saturated heterocycles. The molecule has 1 aliphatic rings. The number of hydrogen-bond donors (Lipinski definition) is 0. The molecule has 0 N–H and O–H groups in total. The molecule has 1 heterocycles. The highest BCUT2D eigenvalue weighted by molar-refractivity contribution is 5.95. The van der Waals surface area contributed by atoms with Gasteiger partial charge in [0.15, 0.2) is 0 Å². The van der Waals surface area contributed by atoms with Crippen LogP contribution in [0.25, 0.3) is 0 Å². The van der Waals surface area contributed by atoms with Crippen molar-refractivity contribution in [1.82, 2.24) is 0 Å². The molecule has 4 heteroatoms. The van der Waals surface area contributed by atoms with Crippen molar-refractivity contribution in [1.29, 1.82) is 0 Å². The van der Waals surface area contributed by atoms with Crippen LogP contribution in [0, 0.1) is 0 Å². The average Bonchev–Trinajstić information content (AvgIpc) is 2.71. The number of amides is 1. The number of aldehydes is 1. The topological polar surface area (TPSA) is 46.6 Å². The lowest BCUT2D eigenvalue weighted by atomic mass is 9.96. The van der Waals surface area contributed by atoms with Crippen molar-refractivity contribution in [2.24, 2.45) is 0 Å². The summed E-state index contributed by atoms with van der Waals surface area (Å²) in [5.41, 5.74) is 1.60. The Labute approximate surface area is 106 Å². The van der Waals surface area contributed by atoms with Crippen molar-refractivity contribution in [3.05, 3.63) is 42.0 Å². The second-order valence-electron chi connectivity index (χ2n) is 4.08. The summed E-state index contributed by atoms with van der Waals surface area (Å²) >= 11 is 0. The van der Waals surface area contributed by atoms with Crippen LogP contribution in [0.4, 0.5) is 10.5 Å². The fraction of sp³-hybridized carbons (Fsp3) is 0.286. The first-order valence-corrected chi connectivity index (χ1v) is 5.78. The molecule has 0 saturated carbocycles. The van der Waals surface area contributed by atoms with Crippen LogP contribution in [-0.4, -0.2) is 25.5 Å². The van der Waals surface area contributed by atoms with E-state index in [4.69, 9.17) is 4.74 Å². The van der Waals surface area contributed by atoms with Crippen LogP contribution in [0.5, 0.6) is 0 Å². The zero-order valence-corrected chi connectivity index (χ0v) is 10.4. The predicted molar refractivity (Wildman–Crippen MR) is 68.7 cm³/mol. The molecule has 0 fully saturated rings. The van der Waals surface area contributed by atoms with E-state index in [0.717, 1.165) is 17.5 Å². The van der Waals surface area contributed by atoms with Gasteiger partial charge in [0, 0.05) is 0 Å². The number of carbonyl (C=O) groups is 2. The van der Waals surface area contributed by atoms with Gasteiger partial charge in [-0.1, -0.05) is 30.4 Å². The number of nitrogens with zero attached hydrogens (tertiary/aromatic N) is 1. The zero-order valence-electron chi connectivity index (χ0n) is 10.4. The maximum Gasteiger partial charge on any atom is 0.414 e. The van der Waals surface area contributed by atoms with E-state index < -0.39 is 6.09 Å². The lowest BCUT2D eigenvalue weighted by Crippen LogP contribution is -2.38. The molecule has 1 aliphatic heterocycles. The van der Waals surface area contributed by atoms with Gasteiger partial charge in [0.1, 0.15) is 6.29 Å². The van der Waals surface area contributed by atoms with Gasteiger partial charge in [0.05, 0.1) is 24.8 Å². The third-order valence-corrected chi connectivity index (χ3v) is 3.13. The minimum Gasteiger partial charge on any atom is -0.452 e. The van der Waals surface area contributed by atoms with Crippen LogP contribution in [0.15, 0.2) is 36.4 Å². The number of fused-ring (bicyclic) bond motifs is 1. The smallest absolute Gasteiger partial charge is 0.414 e. The molecule has 1 aromatic rings. The summed E-state index contributed by atoms with van der Waals surface area (Å²) < 4.78 is 4.80. The van der Waals surface area contributed by atoms with Gasteiger partial charge in [0.2, 0.25) is 0 Å². The van der Waals surface area contributed by atoms with Crippen LogP contribution < -0.4 is 4.90 Å². The second-order valence-corrected chi connectivity index (χ2v) is 4.08. The summed E-state index contributed by atoms with van der Waals surface area (Å²) in [7, 11) is 1.34. The zero-order chi connectivity index (χ0) is 13.1. The fourth-order valence-electron chi connectivity index (χ4n) is 2.37. The highest BCUT2D eigenvalue weighted by Crippen LogP contribution is 2.40. The Hall–Kier alpha value is -2.10. The Morgan fingerprint density at radius 1 is 1.39 bits per heavy atom. The molecule has 1 aromatic carbocycles. The maximum atomic E-state index is 11.9. The van der Waals surface area contributed by atoms with Gasteiger partial charge in [-0.25, -0.2) is 4.79 Å². The number of anilines is 1. The van der Waals surface area contributed by atoms with Crippen molar-refractivity contribution in [3.8, 4) is 0 Å². The van der Waals surface area contributed by atoms with Crippen molar-refractivity contribution in [2.75, 3.05) is 12.0 Å². The first-order chi connectivity index (χ1) is 8.74. The minimum absolute atomic E-state index is 0.308. The number of benzene rings is 1. The van der Waals surface area contributed by atoms with Crippen LogP contribution in [0.2, 0.25) is 0 Å². The summed E-state index contributed by atoms with van der Waals surface area (Å²) in [6.45, 7) is 1.86. The number of allylic oxidation sites excluding steroid dienone is 1. The van der Waals surface area contributed by atoms with E-state index in [1.165, 1.54) is 12.0 Å². The minimum atomic E-state index is -0.449. The molecule has 18 heavy (non-hydrogen) atoms. The summed E-state index contributed by atoms with van der Waals surface area (Å²) in [4.78, 5) is 24.7. The van der Waals surface area contributed by atoms with Crippen LogP contribution in [0.1, 0.15) is 18.4 Å². The van der Waals surface area contributed by atoms with Gasteiger partial charge in [0.25, 0.3) is 0 Å². The summed E-state index contributed by atoms with van der Waals surface area (Å²) in [6.07, 6.45) is 4.11. The SMILES string of the molecule is C/C=C/C1C(C=O)c2ccccc2N1C(=O)OC. The Morgan fingerprint density at radius 3 is 2.72 bits per heavy atom. The molecule has 2 rings (SSSR count). The Bertz CT molecular complexity index is 496. The van der Waals surface area contributed by atoms with Crippen molar-refractivity contribution >= 4 is 18.1 Å². The average molecular weight is 245 g/mol. The predicted octanol–water partition coefficient (Wildman–Crippen LogP) is 2.50. The van der Waals surface area contributed by atoms with Crippen molar-refractivity contribution < 1.29 is 14.3 Å². The van der Waals surface area contributed by atoms with Crippen LogP contribution in [0.3, 0.4) is 0 Å². The number of para-hydroxylation sites is 1. The molecule has 1 amide bonds. The maximum absolute atomic E-state index is 11.9. The van der Waals surface area contributed by atoms with Gasteiger partial charge in [-0.2, -0.15) is 0 Å². The van der Waals surface area contributed by atoms with Crippen molar-refractivity contribution in [3.63, 3.8) is 0 Å². The molecule has 0 radical (unpaired) electrons. The lowest BCUT2D eigenvalue weighted by molar-refractivity contribution is -0.109. The van der Waals surface area contributed by atoms with Gasteiger partial charge in [-0.05, 0) is 18.6 Å². The van der Waals surface area contributed by atoms with Gasteiger partial charge in [-0.15, -0.1) is 0 Å². The number of rotatable bonds is 2. The van der Waals surface area contributed by atoms with E-state index in [9.17, 15) is 9.59 Å². The van der Waals surface area contributed by atoms with Gasteiger partial charge >= 0.3 is 6.09 Å². The van der Waals surface area contributed by atoms with E-state index in [1.807, 2.05) is 43.3 Å². The largest absolute Gasteiger partial charge is 0.452 e. The third-order valence-electron chi connectivity index (χ3n) is 3.13. The quantitative estimate of drug-likeness (QED) is 0.594. The van der Waals surface area contributed by atoms with Gasteiger partial charge in [-0.3, -0.25) is 4.90 Å². The Morgan fingerprint density at radius 2 is 2.11 bits per heavy atom. The molecule has 0 bridgehead atoms.